The van der Waals surface area contributed by atoms with E-state index in [1.54, 1.807) is 24.3 Å². The van der Waals surface area contributed by atoms with E-state index in [0.29, 0.717) is 22.2 Å². The Morgan fingerprint density at radius 1 is 1.30 bits per heavy atom. The van der Waals surface area contributed by atoms with E-state index in [1.807, 2.05) is 18.2 Å². The molecule has 0 aliphatic rings. The van der Waals surface area contributed by atoms with Gasteiger partial charge in [-0.05, 0) is 52.3 Å². The maximum Gasteiger partial charge on any atom is 0.234 e. The first kappa shape index (κ1) is 15.2. The number of carbonyl (C=O) groups is 1. The Kier molecular flexibility index (Phi) is 5.34. The van der Waals surface area contributed by atoms with Crippen molar-refractivity contribution in [2.45, 2.75) is 4.90 Å². The lowest BCUT2D eigenvalue weighted by Crippen LogP contribution is -2.13. The van der Waals surface area contributed by atoms with Gasteiger partial charge in [-0.25, -0.2) is 0 Å². The minimum atomic E-state index is -0.0824. The van der Waals surface area contributed by atoms with Crippen LogP contribution in [0.15, 0.2) is 51.8 Å². The lowest BCUT2D eigenvalue weighted by molar-refractivity contribution is -0.113. The van der Waals surface area contributed by atoms with Gasteiger partial charge in [0.25, 0.3) is 0 Å². The molecule has 0 heterocycles. The van der Waals surface area contributed by atoms with Crippen molar-refractivity contribution in [3.63, 3.8) is 0 Å². The average molecular weight is 372 g/mol. The Hall–Kier alpha value is -1.17. The molecular weight excluding hydrogens is 360 g/mol. The number of carbonyl (C=O) groups excluding carboxylic acids is 1. The number of hydrogen-bond donors (Lipinski definition) is 2. The van der Waals surface area contributed by atoms with E-state index in [9.17, 15) is 4.79 Å². The van der Waals surface area contributed by atoms with Gasteiger partial charge in [-0.2, -0.15) is 0 Å². The molecule has 0 saturated carbocycles. The highest BCUT2D eigenvalue weighted by molar-refractivity contribution is 9.10. The lowest BCUT2D eigenvalue weighted by Gasteiger charge is -2.07. The second-order valence-corrected chi connectivity index (χ2v) is 6.35. The molecule has 0 aliphatic heterocycles. The van der Waals surface area contributed by atoms with Crippen LogP contribution in [0, 0.1) is 0 Å². The largest absolute Gasteiger partial charge is 0.399 e. The first-order valence-electron chi connectivity index (χ1n) is 5.78. The number of amides is 1. The number of thioether (sulfide) groups is 1. The number of hydrogen-bond acceptors (Lipinski definition) is 3. The molecule has 0 saturated heterocycles. The molecule has 0 spiro atoms. The predicted octanol–water partition coefficient (Wildman–Crippen LogP) is 4.42. The molecule has 0 unspecified atom stereocenters. The number of nitrogens with one attached hydrogen (secondary N) is 1. The fourth-order valence-electron chi connectivity index (χ4n) is 1.54. The van der Waals surface area contributed by atoms with Crippen molar-refractivity contribution in [3.8, 4) is 0 Å². The second-order valence-electron chi connectivity index (χ2n) is 4.04. The summed E-state index contributed by atoms with van der Waals surface area (Å²) < 4.78 is 0.887. The smallest absolute Gasteiger partial charge is 0.234 e. The topological polar surface area (TPSA) is 55.1 Å². The molecule has 2 aromatic rings. The molecule has 0 aliphatic carbocycles. The zero-order valence-corrected chi connectivity index (χ0v) is 13.6. The van der Waals surface area contributed by atoms with E-state index in [1.165, 1.54) is 11.8 Å². The van der Waals surface area contributed by atoms with Crippen LogP contribution in [0.1, 0.15) is 0 Å². The quantitative estimate of drug-likeness (QED) is 0.618. The summed E-state index contributed by atoms with van der Waals surface area (Å²) in [4.78, 5) is 12.8. The van der Waals surface area contributed by atoms with E-state index in [-0.39, 0.29) is 5.91 Å². The standard InChI is InChI=1S/C14H12BrClN2OS/c15-12-7-10(17)4-5-13(12)20-8-14(19)18-11-3-1-2-9(16)6-11/h1-7H,8,17H2,(H,18,19). The van der Waals surface area contributed by atoms with Crippen molar-refractivity contribution in [1.82, 2.24) is 0 Å². The molecule has 3 N–H and O–H groups in total. The van der Waals surface area contributed by atoms with Crippen LogP contribution < -0.4 is 11.1 Å². The maximum absolute atomic E-state index is 11.9. The number of rotatable bonds is 4. The van der Waals surface area contributed by atoms with Crippen molar-refractivity contribution in [3.05, 3.63) is 52.0 Å². The molecule has 104 valence electrons. The third kappa shape index (κ3) is 4.44. The van der Waals surface area contributed by atoms with E-state index in [4.69, 9.17) is 17.3 Å². The van der Waals surface area contributed by atoms with Crippen LogP contribution in [0.4, 0.5) is 11.4 Å². The molecular formula is C14H12BrClN2OS. The Bertz CT molecular complexity index is 636. The maximum atomic E-state index is 11.9. The van der Waals surface area contributed by atoms with Gasteiger partial charge in [0, 0.05) is 25.8 Å². The molecule has 0 atom stereocenters. The zero-order valence-electron chi connectivity index (χ0n) is 10.4. The SMILES string of the molecule is Nc1ccc(SCC(=O)Nc2cccc(Cl)c2)c(Br)c1. The third-order valence-electron chi connectivity index (χ3n) is 2.42. The summed E-state index contributed by atoms with van der Waals surface area (Å²) in [6.07, 6.45) is 0. The second kappa shape index (κ2) is 7.02. The molecule has 2 rings (SSSR count). The summed E-state index contributed by atoms with van der Waals surface area (Å²) in [6, 6.07) is 12.6. The molecule has 0 radical (unpaired) electrons. The molecule has 20 heavy (non-hydrogen) atoms. The van der Waals surface area contributed by atoms with Gasteiger partial charge in [-0.3, -0.25) is 4.79 Å². The van der Waals surface area contributed by atoms with Gasteiger partial charge in [0.05, 0.1) is 5.75 Å². The molecule has 0 bridgehead atoms. The van der Waals surface area contributed by atoms with Gasteiger partial charge in [0.2, 0.25) is 5.91 Å². The fourth-order valence-corrected chi connectivity index (χ4v) is 3.19. The fraction of sp³-hybridized carbons (Fsp3) is 0.0714. The third-order valence-corrected chi connectivity index (χ3v) is 4.65. The highest BCUT2D eigenvalue weighted by Crippen LogP contribution is 2.29. The summed E-state index contributed by atoms with van der Waals surface area (Å²) >= 11 is 10.7. The average Bonchev–Trinajstić information content (AvgIpc) is 2.37. The van der Waals surface area contributed by atoms with Gasteiger partial charge in [0.1, 0.15) is 0 Å². The van der Waals surface area contributed by atoms with Crippen LogP contribution in [0.2, 0.25) is 5.02 Å². The van der Waals surface area contributed by atoms with E-state index in [2.05, 4.69) is 21.2 Å². The van der Waals surface area contributed by atoms with Crippen molar-refractivity contribution in [2.75, 3.05) is 16.8 Å². The first-order valence-corrected chi connectivity index (χ1v) is 7.93. The van der Waals surface area contributed by atoms with Crippen LogP contribution in [-0.4, -0.2) is 11.7 Å². The van der Waals surface area contributed by atoms with Gasteiger partial charge in [0.15, 0.2) is 0 Å². The number of nitrogen functional groups attached to an aromatic ring is 1. The number of anilines is 2. The minimum absolute atomic E-state index is 0.0824. The van der Waals surface area contributed by atoms with E-state index >= 15 is 0 Å². The van der Waals surface area contributed by atoms with Crippen molar-refractivity contribution >= 4 is 56.6 Å². The Morgan fingerprint density at radius 3 is 2.80 bits per heavy atom. The van der Waals surface area contributed by atoms with Gasteiger partial charge < -0.3 is 11.1 Å². The summed E-state index contributed by atoms with van der Waals surface area (Å²) in [6.45, 7) is 0. The molecule has 6 heteroatoms. The predicted molar refractivity (Wildman–Crippen MR) is 89.4 cm³/mol. The van der Waals surface area contributed by atoms with Crippen LogP contribution in [0.3, 0.4) is 0 Å². The van der Waals surface area contributed by atoms with Crippen LogP contribution in [-0.2, 0) is 4.79 Å². The molecule has 0 aromatic heterocycles. The summed E-state index contributed by atoms with van der Waals surface area (Å²) in [5.41, 5.74) is 7.05. The number of halogens is 2. The zero-order chi connectivity index (χ0) is 14.5. The Labute approximate surface area is 135 Å². The van der Waals surface area contributed by atoms with Crippen molar-refractivity contribution in [1.29, 1.82) is 0 Å². The summed E-state index contributed by atoms with van der Waals surface area (Å²) in [7, 11) is 0. The number of benzene rings is 2. The van der Waals surface area contributed by atoms with Gasteiger partial charge >= 0.3 is 0 Å². The van der Waals surface area contributed by atoms with Crippen molar-refractivity contribution in [2.24, 2.45) is 0 Å². The van der Waals surface area contributed by atoms with Crippen molar-refractivity contribution < 1.29 is 4.79 Å². The normalized spacial score (nSPS) is 10.3. The molecule has 2 aromatic carbocycles. The van der Waals surface area contributed by atoms with Crippen LogP contribution in [0.25, 0.3) is 0 Å². The highest BCUT2D eigenvalue weighted by atomic mass is 79.9. The van der Waals surface area contributed by atoms with Crippen LogP contribution in [0.5, 0.6) is 0 Å². The number of nitrogens with two attached hydrogens (primary N) is 1. The molecule has 1 amide bonds. The molecule has 0 fully saturated rings. The highest BCUT2D eigenvalue weighted by Gasteiger charge is 2.06. The summed E-state index contributed by atoms with van der Waals surface area (Å²) in [5.74, 6) is 0.232. The first-order chi connectivity index (χ1) is 9.54. The molecule has 3 nitrogen and oxygen atoms in total. The Balaban J connectivity index is 1.92. The minimum Gasteiger partial charge on any atom is -0.399 e. The Morgan fingerprint density at radius 2 is 2.10 bits per heavy atom. The van der Waals surface area contributed by atoms with Gasteiger partial charge in [-0.15, -0.1) is 11.8 Å². The van der Waals surface area contributed by atoms with Gasteiger partial charge in [-0.1, -0.05) is 17.7 Å². The monoisotopic (exact) mass is 370 g/mol. The summed E-state index contributed by atoms with van der Waals surface area (Å²) in [5, 5.41) is 3.39. The van der Waals surface area contributed by atoms with E-state index in [0.717, 1.165) is 9.37 Å². The van der Waals surface area contributed by atoms with Crippen LogP contribution >= 0.6 is 39.3 Å². The van der Waals surface area contributed by atoms with E-state index < -0.39 is 0 Å². The lowest BCUT2D eigenvalue weighted by atomic mass is 10.3.